The largest absolute Gasteiger partial charge is 0.354 e. The molecule has 88 valence electrons. The van der Waals surface area contributed by atoms with Crippen LogP contribution >= 0.6 is 11.6 Å². The van der Waals surface area contributed by atoms with E-state index in [1.807, 2.05) is 54.6 Å². The van der Waals surface area contributed by atoms with Crippen molar-refractivity contribution in [1.29, 1.82) is 0 Å². The first-order valence-corrected chi connectivity index (χ1v) is 6.08. The molecular formula is C15H11ClN2. The Bertz CT molecular complexity index is 689. The Balaban J connectivity index is 2.08. The van der Waals surface area contributed by atoms with Gasteiger partial charge in [-0.1, -0.05) is 41.9 Å². The predicted molar refractivity (Wildman–Crippen MR) is 76.5 cm³/mol. The summed E-state index contributed by atoms with van der Waals surface area (Å²) in [5.74, 6) is 0. The molecule has 0 saturated heterocycles. The van der Waals surface area contributed by atoms with E-state index in [-0.39, 0.29) is 0 Å². The number of fused-ring (bicyclic) bond motifs is 1. The average molecular weight is 255 g/mol. The first-order valence-electron chi connectivity index (χ1n) is 5.70. The molecule has 0 aliphatic rings. The molecule has 3 aromatic rings. The zero-order valence-electron chi connectivity index (χ0n) is 9.60. The van der Waals surface area contributed by atoms with Crippen LogP contribution in [0.15, 0.2) is 60.8 Å². The number of para-hydroxylation sites is 2. The van der Waals surface area contributed by atoms with Crippen molar-refractivity contribution >= 4 is 33.9 Å². The zero-order valence-corrected chi connectivity index (χ0v) is 10.4. The summed E-state index contributed by atoms with van der Waals surface area (Å²) < 4.78 is 0. The summed E-state index contributed by atoms with van der Waals surface area (Å²) in [6.07, 6.45) is 1.79. The van der Waals surface area contributed by atoms with Gasteiger partial charge in [-0.25, -0.2) is 0 Å². The molecule has 0 atom stereocenters. The van der Waals surface area contributed by atoms with Crippen LogP contribution in [0.25, 0.3) is 10.9 Å². The molecule has 0 bridgehead atoms. The van der Waals surface area contributed by atoms with E-state index >= 15 is 0 Å². The van der Waals surface area contributed by atoms with Crippen molar-refractivity contribution in [2.24, 2.45) is 0 Å². The van der Waals surface area contributed by atoms with E-state index in [9.17, 15) is 0 Å². The lowest BCUT2D eigenvalue weighted by Crippen LogP contribution is -1.92. The molecule has 0 spiro atoms. The fraction of sp³-hybridized carbons (Fsp3) is 0. The van der Waals surface area contributed by atoms with Crippen LogP contribution in [0.4, 0.5) is 11.4 Å². The molecule has 0 aliphatic carbocycles. The second-order valence-electron chi connectivity index (χ2n) is 3.98. The minimum absolute atomic E-state index is 0.707. The lowest BCUT2D eigenvalue weighted by Gasteiger charge is -2.10. The van der Waals surface area contributed by atoms with Gasteiger partial charge in [0.1, 0.15) is 0 Å². The van der Waals surface area contributed by atoms with E-state index in [0.717, 1.165) is 22.3 Å². The number of halogens is 1. The van der Waals surface area contributed by atoms with Crippen LogP contribution in [-0.2, 0) is 0 Å². The zero-order chi connectivity index (χ0) is 12.4. The van der Waals surface area contributed by atoms with E-state index in [0.29, 0.717) is 5.02 Å². The first kappa shape index (κ1) is 11.1. The fourth-order valence-corrected chi connectivity index (χ4v) is 2.10. The van der Waals surface area contributed by atoms with E-state index < -0.39 is 0 Å². The van der Waals surface area contributed by atoms with Crippen molar-refractivity contribution in [2.45, 2.75) is 0 Å². The van der Waals surface area contributed by atoms with Gasteiger partial charge in [0.2, 0.25) is 0 Å². The molecule has 1 N–H and O–H groups in total. The van der Waals surface area contributed by atoms with Crippen molar-refractivity contribution in [1.82, 2.24) is 4.98 Å². The molecule has 0 saturated carbocycles. The third-order valence-corrected chi connectivity index (χ3v) is 3.12. The van der Waals surface area contributed by atoms with Crippen molar-refractivity contribution in [3.05, 3.63) is 65.8 Å². The number of aromatic nitrogens is 1. The first-order chi connectivity index (χ1) is 8.84. The van der Waals surface area contributed by atoms with Crippen LogP contribution in [-0.4, -0.2) is 4.98 Å². The number of benzene rings is 2. The number of hydrogen-bond donors (Lipinski definition) is 1. The monoisotopic (exact) mass is 254 g/mol. The molecule has 0 amide bonds. The van der Waals surface area contributed by atoms with Crippen molar-refractivity contribution in [3.8, 4) is 0 Å². The molecule has 2 nitrogen and oxygen atoms in total. The van der Waals surface area contributed by atoms with E-state index in [4.69, 9.17) is 11.6 Å². The Morgan fingerprint density at radius 1 is 0.833 bits per heavy atom. The SMILES string of the molecule is Clc1ccccc1Nc1ccnc2ccccc12. The van der Waals surface area contributed by atoms with E-state index in [1.165, 1.54) is 0 Å². The minimum atomic E-state index is 0.707. The third-order valence-electron chi connectivity index (χ3n) is 2.79. The quantitative estimate of drug-likeness (QED) is 0.721. The summed E-state index contributed by atoms with van der Waals surface area (Å²) in [5.41, 5.74) is 2.87. The minimum Gasteiger partial charge on any atom is -0.354 e. The van der Waals surface area contributed by atoms with Gasteiger partial charge in [0.15, 0.2) is 0 Å². The molecule has 18 heavy (non-hydrogen) atoms. The van der Waals surface area contributed by atoms with Gasteiger partial charge in [-0.15, -0.1) is 0 Å². The molecule has 3 heteroatoms. The lowest BCUT2D eigenvalue weighted by molar-refractivity contribution is 1.40. The average Bonchev–Trinajstić information content (AvgIpc) is 2.42. The van der Waals surface area contributed by atoms with Gasteiger partial charge in [-0.2, -0.15) is 0 Å². The smallest absolute Gasteiger partial charge is 0.0722 e. The highest BCUT2D eigenvalue weighted by Gasteiger charge is 2.03. The second kappa shape index (κ2) is 4.67. The summed E-state index contributed by atoms with van der Waals surface area (Å²) in [5, 5.41) is 5.13. The van der Waals surface area contributed by atoms with Crippen LogP contribution in [0.1, 0.15) is 0 Å². The summed E-state index contributed by atoms with van der Waals surface area (Å²) in [7, 11) is 0. The second-order valence-corrected chi connectivity index (χ2v) is 4.39. The van der Waals surface area contributed by atoms with Crippen LogP contribution in [0.3, 0.4) is 0 Å². The highest BCUT2D eigenvalue weighted by atomic mass is 35.5. The molecule has 0 fully saturated rings. The summed E-state index contributed by atoms with van der Waals surface area (Å²) in [6, 6.07) is 17.7. The Hall–Kier alpha value is -2.06. The Morgan fingerprint density at radius 3 is 2.50 bits per heavy atom. The van der Waals surface area contributed by atoms with Gasteiger partial charge < -0.3 is 5.32 Å². The maximum Gasteiger partial charge on any atom is 0.0722 e. The Kier molecular flexibility index (Phi) is 2.87. The number of pyridine rings is 1. The van der Waals surface area contributed by atoms with Gasteiger partial charge in [-0.3, -0.25) is 4.98 Å². The lowest BCUT2D eigenvalue weighted by atomic mass is 10.2. The van der Waals surface area contributed by atoms with Crippen molar-refractivity contribution in [2.75, 3.05) is 5.32 Å². The Labute approximate surface area is 110 Å². The topological polar surface area (TPSA) is 24.9 Å². The van der Waals surface area contributed by atoms with E-state index in [2.05, 4.69) is 10.3 Å². The van der Waals surface area contributed by atoms with Gasteiger partial charge in [0, 0.05) is 17.3 Å². The standard InChI is InChI=1S/C15H11ClN2/c16-12-6-2-4-8-15(12)18-14-9-10-17-13-7-3-1-5-11(13)14/h1-10H,(H,17,18). The molecule has 1 aromatic heterocycles. The van der Waals surface area contributed by atoms with Crippen molar-refractivity contribution < 1.29 is 0 Å². The molecule has 0 aliphatic heterocycles. The third kappa shape index (κ3) is 2.03. The van der Waals surface area contributed by atoms with Gasteiger partial charge >= 0.3 is 0 Å². The number of nitrogens with one attached hydrogen (secondary N) is 1. The number of nitrogens with zero attached hydrogens (tertiary/aromatic N) is 1. The van der Waals surface area contributed by atoms with Crippen LogP contribution in [0.2, 0.25) is 5.02 Å². The maximum absolute atomic E-state index is 6.15. The van der Waals surface area contributed by atoms with Gasteiger partial charge in [0.05, 0.1) is 16.2 Å². The highest BCUT2D eigenvalue weighted by Crippen LogP contribution is 2.28. The Morgan fingerprint density at radius 2 is 1.61 bits per heavy atom. The number of rotatable bonds is 2. The van der Waals surface area contributed by atoms with E-state index in [1.54, 1.807) is 6.20 Å². The fourth-order valence-electron chi connectivity index (χ4n) is 1.91. The maximum atomic E-state index is 6.15. The molecular weight excluding hydrogens is 244 g/mol. The summed E-state index contributed by atoms with van der Waals surface area (Å²) in [4.78, 5) is 4.33. The molecule has 1 heterocycles. The van der Waals surface area contributed by atoms with Crippen LogP contribution in [0.5, 0.6) is 0 Å². The normalized spacial score (nSPS) is 10.5. The van der Waals surface area contributed by atoms with Crippen molar-refractivity contribution in [3.63, 3.8) is 0 Å². The predicted octanol–water partition coefficient (Wildman–Crippen LogP) is 4.63. The van der Waals surface area contributed by atoms with Gasteiger partial charge in [-0.05, 0) is 24.3 Å². The van der Waals surface area contributed by atoms with Crippen LogP contribution < -0.4 is 5.32 Å². The van der Waals surface area contributed by atoms with Gasteiger partial charge in [0.25, 0.3) is 0 Å². The summed E-state index contributed by atoms with van der Waals surface area (Å²) >= 11 is 6.15. The highest BCUT2D eigenvalue weighted by molar-refractivity contribution is 6.33. The molecule has 0 unspecified atom stereocenters. The molecule has 2 aromatic carbocycles. The molecule has 0 radical (unpaired) electrons. The van der Waals surface area contributed by atoms with Crippen LogP contribution in [0, 0.1) is 0 Å². The summed E-state index contributed by atoms with van der Waals surface area (Å²) in [6.45, 7) is 0. The number of hydrogen-bond acceptors (Lipinski definition) is 2. The molecule has 3 rings (SSSR count). The number of anilines is 2.